The molecule has 0 fully saturated rings. The Morgan fingerprint density at radius 2 is 2.06 bits per heavy atom. The first-order chi connectivity index (χ1) is 7.38. The molecular weight excluding hydrogens is 219 g/mol. The van der Waals surface area contributed by atoms with Crippen molar-refractivity contribution in [3.05, 3.63) is 29.3 Å². The lowest BCUT2D eigenvalue weighted by atomic mass is 9.95. The minimum Gasteiger partial charge on any atom is -0.388 e. The van der Waals surface area contributed by atoms with Crippen LogP contribution < -0.4 is 5.32 Å². The Morgan fingerprint density at radius 1 is 1.38 bits per heavy atom. The molecule has 0 aromatic heterocycles. The molecule has 2 nitrogen and oxygen atoms in total. The fourth-order valence-electron chi connectivity index (χ4n) is 1.93. The van der Waals surface area contributed by atoms with E-state index < -0.39 is 17.8 Å². The average molecular weight is 231 g/mol. The number of anilines is 1. The lowest BCUT2D eigenvalue weighted by Crippen LogP contribution is -2.25. The topological polar surface area (TPSA) is 32.3 Å². The van der Waals surface area contributed by atoms with E-state index in [1.807, 2.05) is 6.92 Å². The standard InChI is InChI=1S/C11H12F3NO/c1-6-4-10(16)8-3-2-7(11(12,13)14)5-9(8)15-6/h2-3,5-6,10,15-16H,4H2,1H3. The van der Waals surface area contributed by atoms with Crippen LogP contribution in [0.15, 0.2) is 18.2 Å². The second-order valence-electron chi connectivity index (χ2n) is 4.10. The molecule has 0 bridgehead atoms. The molecule has 5 heteroatoms. The van der Waals surface area contributed by atoms with Crippen LogP contribution >= 0.6 is 0 Å². The first-order valence-corrected chi connectivity index (χ1v) is 5.03. The Labute approximate surface area is 91.1 Å². The van der Waals surface area contributed by atoms with Crippen molar-refractivity contribution < 1.29 is 18.3 Å². The number of nitrogens with one attached hydrogen (secondary N) is 1. The van der Waals surface area contributed by atoms with Gasteiger partial charge in [-0.3, -0.25) is 0 Å². The van der Waals surface area contributed by atoms with Crippen molar-refractivity contribution in [1.82, 2.24) is 0 Å². The van der Waals surface area contributed by atoms with E-state index in [0.717, 1.165) is 12.1 Å². The van der Waals surface area contributed by atoms with E-state index in [1.165, 1.54) is 6.07 Å². The van der Waals surface area contributed by atoms with Gasteiger partial charge in [0.05, 0.1) is 11.7 Å². The summed E-state index contributed by atoms with van der Waals surface area (Å²) >= 11 is 0. The maximum Gasteiger partial charge on any atom is 0.416 e. The van der Waals surface area contributed by atoms with Crippen LogP contribution in [0.2, 0.25) is 0 Å². The van der Waals surface area contributed by atoms with Gasteiger partial charge >= 0.3 is 6.18 Å². The van der Waals surface area contributed by atoms with E-state index >= 15 is 0 Å². The van der Waals surface area contributed by atoms with Gasteiger partial charge in [0.25, 0.3) is 0 Å². The van der Waals surface area contributed by atoms with Crippen LogP contribution in [0.5, 0.6) is 0 Å². The Morgan fingerprint density at radius 3 is 2.69 bits per heavy atom. The van der Waals surface area contributed by atoms with Gasteiger partial charge in [0.2, 0.25) is 0 Å². The molecule has 2 unspecified atom stereocenters. The molecule has 1 aromatic rings. The van der Waals surface area contributed by atoms with Gasteiger partial charge in [0, 0.05) is 17.3 Å². The summed E-state index contributed by atoms with van der Waals surface area (Å²) in [4.78, 5) is 0. The third kappa shape index (κ3) is 2.00. The third-order valence-corrected chi connectivity index (χ3v) is 2.72. The van der Waals surface area contributed by atoms with Crippen molar-refractivity contribution in [2.45, 2.75) is 31.7 Å². The molecule has 0 aliphatic carbocycles. The van der Waals surface area contributed by atoms with Crippen LogP contribution in [0.1, 0.15) is 30.6 Å². The zero-order valence-electron chi connectivity index (χ0n) is 8.67. The van der Waals surface area contributed by atoms with Gasteiger partial charge in [-0.15, -0.1) is 0 Å². The van der Waals surface area contributed by atoms with Crippen LogP contribution in [0.3, 0.4) is 0 Å². The smallest absolute Gasteiger partial charge is 0.388 e. The summed E-state index contributed by atoms with van der Waals surface area (Å²) < 4.78 is 37.4. The number of aliphatic hydroxyl groups excluding tert-OH is 1. The third-order valence-electron chi connectivity index (χ3n) is 2.72. The summed E-state index contributed by atoms with van der Waals surface area (Å²) in [5, 5.41) is 12.6. The molecule has 1 aliphatic rings. The van der Waals surface area contributed by atoms with Gasteiger partial charge in [-0.25, -0.2) is 0 Å². The van der Waals surface area contributed by atoms with Crippen molar-refractivity contribution in [2.75, 3.05) is 5.32 Å². The van der Waals surface area contributed by atoms with E-state index in [1.54, 1.807) is 0 Å². The van der Waals surface area contributed by atoms with Gasteiger partial charge in [0.15, 0.2) is 0 Å². The summed E-state index contributed by atoms with van der Waals surface area (Å²) in [5.74, 6) is 0. The molecule has 2 rings (SSSR count). The average Bonchev–Trinajstić information content (AvgIpc) is 2.15. The van der Waals surface area contributed by atoms with Crippen LogP contribution in [0.4, 0.5) is 18.9 Å². The molecule has 2 atom stereocenters. The van der Waals surface area contributed by atoms with E-state index in [-0.39, 0.29) is 6.04 Å². The van der Waals surface area contributed by atoms with Crippen molar-refractivity contribution in [3.63, 3.8) is 0 Å². The van der Waals surface area contributed by atoms with Crippen LogP contribution in [-0.2, 0) is 6.18 Å². The Balaban J connectivity index is 2.42. The normalized spacial score (nSPS) is 24.8. The SMILES string of the molecule is CC1CC(O)c2ccc(C(F)(F)F)cc2N1. The lowest BCUT2D eigenvalue weighted by Gasteiger charge is -2.28. The summed E-state index contributed by atoms with van der Waals surface area (Å²) in [6.45, 7) is 1.83. The number of alkyl halides is 3. The number of benzene rings is 1. The van der Waals surface area contributed by atoms with Crippen molar-refractivity contribution in [2.24, 2.45) is 0 Å². The first-order valence-electron chi connectivity index (χ1n) is 5.03. The first kappa shape index (κ1) is 11.3. The number of rotatable bonds is 0. The molecule has 1 aliphatic heterocycles. The van der Waals surface area contributed by atoms with Crippen LogP contribution in [0, 0.1) is 0 Å². The lowest BCUT2D eigenvalue weighted by molar-refractivity contribution is -0.137. The molecule has 0 amide bonds. The number of hydrogen-bond acceptors (Lipinski definition) is 2. The maximum absolute atomic E-state index is 12.5. The molecule has 1 heterocycles. The van der Waals surface area contributed by atoms with Gasteiger partial charge < -0.3 is 10.4 Å². The highest BCUT2D eigenvalue weighted by atomic mass is 19.4. The highest BCUT2D eigenvalue weighted by Crippen LogP contribution is 2.37. The van der Waals surface area contributed by atoms with Crippen LogP contribution in [-0.4, -0.2) is 11.1 Å². The van der Waals surface area contributed by atoms with Crippen molar-refractivity contribution in [3.8, 4) is 0 Å². The Hall–Kier alpha value is -1.23. The molecule has 88 valence electrons. The largest absolute Gasteiger partial charge is 0.416 e. The van der Waals surface area contributed by atoms with Gasteiger partial charge in [-0.2, -0.15) is 13.2 Å². The molecule has 16 heavy (non-hydrogen) atoms. The highest BCUT2D eigenvalue weighted by molar-refractivity contribution is 5.57. The summed E-state index contributed by atoms with van der Waals surface area (Å²) in [6.07, 6.45) is -4.52. The summed E-state index contributed by atoms with van der Waals surface area (Å²) in [7, 11) is 0. The molecule has 0 saturated heterocycles. The summed E-state index contributed by atoms with van der Waals surface area (Å²) in [6, 6.07) is 3.36. The second kappa shape index (κ2) is 3.66. The van der Waals surface area contributed by atoms with E-state index in [0.29, 0.717) is 17.7 Å². The monoisotopic (exact) mass is 231 g/mol. The minimum absolute atomic E-state index is 0.0222. The fraction of sp³-hybridized carbons (Fsp3) is 0.455. The van der Waals surface area contributed by atoms with Crippen molar-refractivity contribution in [1.29, 1.82) is 0 Å². The number of hydrogen-bond donors (Lipinski definition) is 2. The van der Waals surface area contributed by atoms with Gasteiger partial charge in [-0.1, -0.05) is 6.07 Å². The molecule has 1 aromatic carbocycles. The van der Waals surface area contributed by atoms with E-state index in [4.69, 9.17) is 0 Å². The van der Waals surface area contributed by atoms with Crippen molar-refractivity contribution >= 4 is 5.69 Å². The minimum atomic E-state index is -4.34. The number of halogens is 3. The number of fused-ring (bicyclic) bond motifs is 1. The molecule has 2 N–H and O–H groups in total. The number of aliphatic hydroxyl groups is 1. The Bertz CT molecular complexity index is 403. The highest BCUT2D eigenvalue weighted by Gasteiger charge is 2.32. The van der Waals surface area contributed by atoms with E-state index in [9.17, 15) is 18.3 Å². The molecular formula is C11H12F3NO. The molecule has 0 radical (unpaired) electrons. The van der Waals surface area contributed by atoms with E-state index in [2.05, 4.69) is 5.32 Å². The summed E-state index contributed by atoms with van der Waals surface area (Å²) in [5.41, 5.74) is 0.215. The predicted molar refractivity (Wildman–Crippen MR) is 54.1 cm³/mol. The molecule has 0 saturated carbocycles. The van der Waals surface area contributed by atoms with Gasteiger partial charge in [0.1, 0.15) is 0 Å². The zero-order chi connectivity index (χ0) is 11.9. The zero-order valence-corrected chi connectivity index (χ0v) is 8.67. The maximum atomic E-state index is 12.5. The Kier molecular flexibility index (Phi) is 2.58. The predicted octanol–water partition coefficient (Wildman–Crippen LogP) is 2.94. The molecule has 0 spiro atoms. The fourth-order valence-corrected chi connectivity index (χ4v) is 1.93. The second-order valence-corrected chi connectivity index (χ2v) is 4.10. The van der Waals surface area contributed by atoms with Gasteiger partial charge in [-0.05, 0) is 25.5 Å². The van der Waals surface area contributed by atoms with Crippen LogP contribution in [0.25, 0.3) is 0 Å². The quantitative estimate of drug-likeness (QED) is 0.719.